The molecule has 0 saturated carbocycles. The Morgan fingerprint density at radius 1 is 1.29 bits per heavy atom. The van der Waals surface area contributed by atoms with E-state index in [9.17, 15) is 24.3 Å². The highest BCUT2D eigenvalue weighted by molar-refractivity contribution is 5.99. The molecule has 0 amide bonds. The fourth-order valence-electron chi connectivity index (χ4n) is 2.05. The highest BCUT2D eigenvalue weighted by Crippen LogP contribution is 2.23. The smallest absolute Gasteiger partial charge is 0.348 e. The second-order valence-corrected chi connectivity index (χ2v) is 4.91. The van der Waals surface area contributed by atoms with Crippen LogP contribution in [0.3, 0.4) is 0 Å². The Labute approximate surface area is 136 Å². The number of carbonyl (C=O) groups excluding carboxylic acids is 4. The molecule has 0 aromatic heterocycles. The first-order chi connectivity index (χ1) is 11.4. The third kappa shape index (κ3) is 4.19. The van der Waals surface area contributed by atoms with Crippen molar-refractivity contribution in [1.29, 1.82) is 0 Å². The van der Waals surface area contributed by atoms with Gasteiger partial charge in [-0.05, 0) is 23.8 Å². The van der Waals surface area contributed by atoms with E-state index in [-0.39, 0.29) is 12.2 Å². The predicted molar refractivity (Wildman–Crippen MR) is 78.2 cm³/mol. The van der Waals surface area contributed by atoms with E-state index in [2.05, 4.69) is 9.47 Å². The minimum Gasteiger partial charge on any atom is -0.508 e. The molecule has 0 spiro atoms. The Hall–Kier alpha value is -3.16. The van der Waals surface area contributed by atoms with Crippen LogP contribution in [0.25, 0.3) is 6.08 Å². The number of carbonyl (C=O) groups is 4. The van der Waals surface area contributed by atoms with Crippen LogP contribution in [0.5, 0.6) is 5.75 Å². The van der Waals surface area contributed by atoms with Gasteiger partial charge in [0.2, 0.25) is 6.10 Å². The molecule has 1 aliphatic rings. The molecule has 2 rings (SSSR count). The Kier molecular flexibility index (Phi) is 5.31. The Bertz CT molecular complexity index is 689. The molecule has 1 aromatic carbocycles. The molecule has 1 saturated heterocycles. The average molecular weight is 334 g/mol. The standard InChI is InChI=1S/C16H14O8/c1-22-16(21)14(11-8-13(19)24-15(11)20)23-12(18)7-4-9-2-5-10(17)6-3-9/h2-7,11,14,17H,8H2,1H3/t11-,14+/m0/s1. The largest absolute Gasteiger partial charge is 0.508 e. The number of methoxy groups -OCH3 is 1. The van der Waals surface area contributed by atoms with E-state index < -0.39 is 35.9 Å². The van der Waals surface area contributed by atoms with Crippen LogP contribution in [-0.2, 0) is 33.4 Å². The molecular weight excluding hydrogens is 320 g/mol. The molecule has 2 atom stereocenters. The zero-order valence-electron chi connectivity index (χ0n) is 12.6. The fraction of sp³-hybridized carbons (Fsp3) is 0.250. The lowest BCUT2D eigenvalue weighted by atomic mass is 10.0. The van der Waals surface area contributed by atoms with Gasteiger partial charge in [0, 0.05) is 6.08 Å². The molecule has 1 aromatic rings. The second-order valence-electron chi connectivity index (χ2n) is 4.91. The zero-order chi connectivity index (χ0) is 17.7. The summed E-state index contributed by atoms with van der Waals surface area (Å²) in [6.07, 6.45) is 0.512. The number of cyclic esters (lactones) is 2. The van der Waals surface area contributed by atoms with Crippen LogP contribution in [0.2, 0.25) is 0 Å². The summed E-state index contributed by atoms with van der Waals surface area (Å²) >= 11 is 0. The topological polar surface area (TPSA) is 116 Å². The zero-order valence-corrected chi connectivity index (χ0v) is 12.6. The van der Waals surface area contributed by atoms with Crippen molar-refractivity contribution in [2.24, 2.45) is 5.92 Å². The third-order valence-corrected chi connectivity index (χ3v) is 3.25. The van der Waals surface area contributed by atoms with Gasteiger partial charge < -0.3 is 19.3 Å². The number of benzene rings is 1. The average Bonchev–Trinajstić information content (AvgIpc) is 2.89. The summed E-state index contributed by atoms with van der Waals surface area (Å²) in [6, 6.07) is 5.98. The van der Waals surface area contributed by atoms with Crippen molar-refractivity contribution in [3.63, 3.8) is 0 Å². The first-order valence-electron chi connectivity index (χ1n) is 6.91. The highest BCUT2D eigenvalue weighted by Gasteiger charge is 2.45. The van der Waals surface area contributed by atoms with Crippen molar-refractivity contribution in [3.8, 4) is 5.75 Å². The van der Waals surface area contributed by atoms with Gasteiger partial charge in [-0.25, -0.2) is 9.59 Å². The normalized spacial score (nSPS) is 18.3. The van der Waals surface area contributed by atoms with Crippen molar-refractivity contribution in [1.82, 2.24) is 0 Å². The molecular formula is C16H14O8. The number of ether oxygens (including phenoxy) is 3. The van der Waals surface area contributed by atoms with Crippen molar-refractivity contribution in [2.45, 2.75) is 12.5 Å². The minimum absolute atomic E-state index is 0.0740. The maximum Gasteiger partial charge on any atom is 0.348 e. The first kappa shape index (κ1) is 17.2. The lowest BCUT2D eigenvalue weighted by molar-refractivity contribution is -0.170. The summed E-state index contributed by atoms with van der Waals surface area (Å²) in [5, 5.41) is 9.17. The molecule has 0 radical (unpaired) electrons. The first-order valence-corrected chi connectivity index (χ1v) is 6.91. The fourth-order valence-corrected chi connectivity index (χ4v) is 2.05. The number of rotatable bonds is 5. The predicted octanol–water partition coefficient (Wildman–Crippen LogP) is 0.580. The lowest BCUT2D eigenvalue weighted by Crippen LogP contribution is -2.37. The number of hydrogen-bond acceptors (Lipinski definition) is 8. The van der Waals surface area contributed by atoms with E-state index in [0.29, 0.717) is 5.56 Å². The Morgan fingerprint density at radius 2 is 1.96 bits per heavy atom. The number of phenolic OH excluding ortho intramolecular Hbond substituents is 1. The monoisotopic (exact) mass is 334 g/mol. The van der Waals surface area contributed by atoms with E-state index >= 15 is 0 Å². The van der Waals surface area contributed by atoms with Crippen molar-refractivity contribution in [3.05, 3.63) is 35.9 Å². The number of aromatic hydroxyl groups is 1. The molecule has 1 N–H and O–H groups in total. The lowest BCUT2D eigenvalue weighted by Gasteiger charge is -2.17. The van der Waals surface area contributed by atoms with Gasteiger partial charge in [-0.3, -0.25) is 9.59 Å². The van der Waals surface area contributed by atoms with Crippen molar-refractivity contribution in [2.75, 3.05) is 7.11 Å². The summed E-state index contributed by atoms with van der Waals surface area (Å²) in [5.74, 6) is -4.75. The van der Waals surface area contributed by atoms with Gasteiger partial charge >= 0.3 is 23.9 Å². The minimum atomic E-state index is -1.56. The SMILES string of the molecule is COC(=O)[C@H](OC(=O)C=Cc1ccc(O)cc1)[C@@H]1CC(=O)OC1=O. The van der Waals surface area contributed by atoms with Crippen LogP contribution in [0.15, 0.2) is 30.3 Å². The van der Waals surface area contributed by atoms with Crippen LogP contribution < -0.4 is 0 Å². The molecule has 126 valence electrons. The van der Waals surface area contributed by atoms with Crippen molar-refractivity contribution >= 4 is 30.0 Å². The second kappa shape index (κ2) is 7.40. The number of esters is 4. The summed E-state index contributed by atoms with van der Waals surface area (Å²) in [7, 11) is 1.07. The number of hydrogen-bond donors (Lipinski definition) is 1. The van der Waals surface area contributed by atoms with Crippen LogP contribution in [-0.4, -0.2) is 42.2 Å². The molecule has 1 aliphatic heterocycles. The van der Waals surface area contributed by atoms with Crippen LogP contribution in [0.1, 0.15) is 12.0 Å². The molecule has 8 nitrogen and oxygen atoms in total. The maximum absolute atomic E-state index is 11.9. The van der Waals surface area contributed by atoms with Gasteiger partial charge in [-0.2, -0.15) is 0 Å². The van der Waals surface area contributed by atoms with E-state index in [0.717, 1.165) is 13.2 Å². The van der Waals surface area contributed by atoms with Crippen LogP contribution in [0.4, 0.5) is 0 Å². The van der Waals surface area contributed by atoms with E-state index in [1.165, 1.54) is 18.2 Å². The van der Waals surface area contributed by atoms with Crippen molar-refractivity contribution < 1.29 is 38.5 Å². The van der Waals surface area contributed by atoms with Gasteiger partial charge in [0.15, 0.2) is 0 Å². The molecule has 24 heavy (non-hydrogen) atoms. The van der Waals surface area contributed by atoms with E-state index in [1.54, 1.807) is 12.1 Å². The maximum atomic E-state index is 11.9. The molecule has 0 aliphatic carbocycles. The van der Waals surface area contributed by atoms with Gasteiger partial charge in [0.1, 0.15) is 11.7 Å². The summed E-state index contributed by atoms with van der Waals surface area (Å²) < 4.78 is 13.8. The molecule has 1 fully saturated rings. The third-order valence-electron chi connectivity index (χ3n) is 3.25. The van der Waals surface area contributed by atoms with Gasteiger partial charge in [-0.15, -0.1) is 0 Å². The highest BCUT2D eigenvalue weighted by atomic mass is 16.6. The Balaban J connectivity index is 2.07. The number of phenols is 1. The Morgan fingerprint density at radius 3 is 2.50 bits per heavy atom. The summed E-state index contributed by atoms with van der Waals surface area (Å²) in [5.41, 5.74) is 0.606. The van der Waals surface area contributed by atoms with Crippen LogP contribution >= 0.6 is 0 Å². The van der Waals surface area contributed by atoms with Gasteiger partial charge in [0.25, 0.3) is 0 Å². The molecule has 8 heteroatoms. The molecule has 0 unspecified atom stereocenters. The van der Waals surface area contributed by atoms with Gasteiger partial charge in [-0.1, -0.05) is 12.1 Å². The summed E-state index contributed by atoms with van der Waals surface area (Å²) in [6.45, 7) is 0. The van der Waals surface area contributed by atoms with Gasteiger partial charge in [0.05, 0.1) is 13.5 Å². The molecule has 1 heterocycles. The quantitative estimate of drug-likeness (QED) is 0.360. The summed E-state index contributed by atoms with van der Waals surface area (Å²) in [4.78, 5) is 46.3. The van der Waals surface area contributed by atoms with E-state index in [4.69, 9.17) is 4.74 Å². The van der Waals surface area contributed by atoms with E-state index in [1.807, 2.05) is 0 Å². The van der Waals surface area contributed by atoms with Crippen LogP contribution in [0, 0.1) is 5.92 Å². The molecule has 0 bridgehead atoms.